The minimum Gasteiger partial charge on any atom is -0.305 e. The lowest BCUT2D eigenvalue weighted by atomic mass is 10.1. The number of halogens is 3. The molecule has 0 aliphatic rings. The summed E-state index contributed by atoms with van der Waals surface area (Å²) in [5, 5.41) is 7.26. The van der Waals surface area contributed by atoms with Gasteiger partial charge in [0.05, 0.1) is 23.5 Å². The molecule has 2 rings (SSSR count). The van der Waals surface area contributed by atoms with E-state index in [9.17, 15) is 13.2 Å². The molecule has 2 aromatic rings. The molecule has 20 heavy (non-hydrogen) atoms. The predicted molar refractivity (Wildman–Crippen MR) is 68.0 cm³/mol. The van der Waals surface area contributed by atoms with Gasteiger partial charge in [-0.2, -0.15) is 18.3 Å². The summed E-state index contributed by atoms with van der Waals surface area (Å²) in [7, 11) is 1.78. The van der Waals surface area contributed by atoms with Crippen LogP contribution in [0.3, 0.4) is 0 Å². The van der Waals surface area contributed by atoms with Crippen LogP contribution in [0.25, 0.3) is 0 Å². The van der Waals surface area contributed by atoms with Gasteiger partial charge in [-0.15, -0.1) is 0 Å². The fraction of sp³-hybridized carbons (Fsp3) is 0.385. The topological polar surface area (TPSA) is 42.7 Å². The van der Waals surface area contributed by atoms with Gasteiger partial charge >= 0.3 is 6.18 Å². The van der Waals surface area contributed by atoms with Crippen LogP contribution >= 0.6 is 0 Å². The molecule has 0 fully saturated rings. The van der Waals surface area contributed by atoms with Crippen molar-refractivity contribution in [2.75, 3.05) is 6.54 Å². The van der Waals surface area contributed by atoms with Gasteiger partial charge in [0.2, 0.25) is 0 Å². The van der Waals surface area contributed by atoms with Crippen molar-refractivity contribution in [3.8, 4) is 0 Å². The molecule has 2 heterocycles. The normalized spacial score (nSPS) is 13.4. The lowest BCUT2D eigenvalue weighted by molar-refractivity contribution is -0.137. The van der Waals surface area contributed by atoms with Gasteiger partial charge in [-0.3, -0.25) is 9.67 Å². The maximum absolute atomic E-state index is 12.5. The van der Waals surface area contributed by atoms with Crippen molar-refractivity contribution in [2.45, 2.75) is 19.1 Å². The maximum Gasteiger partial charge on any atom is 0.417 e. The third-order valence-corrected chi connectivity index (χ3v) is 2.88. The van der Waals surface area contributed by atoms with Gasteiger partial charge in [-0.05, 0) is 18.7 Å². The highest BCUT2D eigenvalue weighted by Gasteiger charge is 2.31. The van der Waals surface area contributed by atoms with E-state index in [2.05, 4.69) is 15.4 Å². The first-order valence-corrected chi connectivity index (χ1v) is 6.17. The van der Waals surface area contributed by atoms with Crippen LogP contribution in [0.5, 0.6) is 0 Å². The zero-order valence-corrected chi connectivity index (χ0v) is 11.1. The number of aromatic nitrogens is 3. The third-order valence-electron chi connectivity index (χ3n) is 2.88. The molecule has 7 heteroatoms. The van der Waals surface area contributed by atoms with Gasteiger partial charge in [0, 0.05) is 25.0 Å². The Morgan fingerprint density at radius 2 is 2.05 bits per heavy atom. The van der Waals surface area contributed by atoms with Crippen LogP contribution in [-0.4, -0.2) is 21.3 Å². The van der Waals surface area contributed by atoms with Crippen molar-refractivity contribution in [3.05, 3.63) is 47.5 Å². The fourth-order valence-electron chi connectivity index (χ4n) is 1.93. The Bertz CT molecular complexity index is 560. The molecule has 108 valence electrons. The molecule has 0 spiro atoms. The first kappa shape index (κ1) is 14.5. The van der Waals surface area contributed by atoms with E-state index in [1.165, 1.54) is 6.07 Å². The Balaban J connectivity index is 2.30. The van der Waals surface area contributed by atoms with E-state index in [0.717, 1.165) is 17.8 Å². The van der Waals surface area contributed by atoms with E-state index in [-0.39, 0.29) is 6.04 Å². The highest BCUT2D eigenvalue weighted by atomic mass is 19.4. The number of hydrogen-bond donors (Lipinski definition) is 1. The zero-order valence-electron chi connectivity index (χ0n) is 11.1. The largest absolute Gasteiger partial charge is 0.417 e. The molecule has 0 radical (unpaired) electrons. The molecule has 1 unspecified atom stereocenters. The van der Waals surface area contributed by atoms with E-state index in [0.29, 0.717) is 12.2 Å². The van der Waals surface area contributed by atoms with Gasteiger partial charge in [0.25, 0.3) is 0 Å². The first-order valence-electron chi connectivity index (χ1n) is 6.17. The summed E-state index contributed by atoms with van der Waals surface area (Å²) in [4.78, 5) is 3.93. The van der Waals surface area contributed by atoms with Crippen LogP contribution in [0.15, 0.2) is 30.7 Å². The molecule has 0 aliphatic carbocycles. The quantitative estimate of drug-likeness (QED) is 0.938. The molecule has 0 aromatic carbocycles. The number of alkyl halides is 3. The summed E-state index contributed by atoms with van der Waals surface area (Å²) in [6.07, 6.45) is -0.0249. The van der Waals surface area contributed by atoms with Crippen molar-refractivity contribution in [2.24, 2.45) is 7.05 Å². The van der Waals surface area contributed by atoms with Gasteiger partial charge in [0.1, 0.15) is 0 Å². The number of hydrogen-bond acceptors (Lipinski definition) is 3. The van der Waals surface area contributed by atoms with Gasteiger partial charge < -0.3 is 5.32 Å². The smallest absolute Gasteiger partial charge is 0.305 e. The number of pyridine rings is 1. The standard InChI is InChI=1S/C13H15F3N4/c1-3-17-12(9-6-19-20(2)8-9)11-5-4-10(7-18-11)13(14,15)16/h4-8,12,17H,3H2,1-2H3. The summed E-state index contributed by atoms with van der Waals surface area (Å²) >= 11 is 0. The third kappa shape index (κ3) is 3.16. The minimum atomic E-state index is -4.37. The van der Waals surface area contributed by atoms with Crippen LogP contribution in [0.4, 0.5) is 13.2 Å². The molecule has 0 bridgehead atoms. The number of nitrogens with zero attached hydrogens (tertiary/aromatic N) is 3. The summed E-state index contributed by atoms with van der Waals surface area (Å²) in [6, 6.07) is 2.17. The molecule has 0 saturated carbocycles. The van der Waals surface area contributed by atoms with Crippen molar-refractivity contribution in [3.63, 3.8) is 0 Å². The average molecular weight is 284 g/mol. The van der Waals surface area contributed by atoms with Gasteiger partial charge in [-0.1, -0.05) is 6.92 Å². The van der Waals surface area contributed by atoms with Crippen LogP contribution in [0, 0.1) is 0 Å². The Labute approximate surface area is 114 Å². The maximum atomic E-state index is 12.5. The Morgan fingerprint density at radius 1 is 1.30 bits per heavy atom. The van der Waals surface area contributed by atoms with Gasteiger partial charge in [0.15, 0.2) is 0 Å². The molecule has 0 aliphatic heterocycles. The highest BCUT2D eigenvalue weighted by molar-refractivity contribution is 5.26. The molecular weight excluding hydrogens is 269 g/mol. The molecule has 4 nitrogen and oxygen atoms in total. The van der Waals surface area contributed by atoms with Crippen LogP contribution in [-0.2, 0) is 13.2 Å². The van der Waals surface area contributed by atoms with Crippen molar-refractivity contribution < 1.29 is 13.2 Å². The van der Waals surface area contributed by atoms with Crippen molar-refractivity contribution in [1.29, 1.82) is 0 Å². The highest BCUT2D eigenvalue weighted by Crippen LogP contribution is 2.29. The Morgan fingerprint density at radius 3 is 2.50 bits per heavy atom. The minimum absolute atomic E-state index is 0.268. The van der Waals surface area contributed by atoms with Crippen LogP contribution in [0.1, 0.15) is 29.8 Å². The lowest BCUT2D eigenvalue weighted by Crippen LogP contribution is -2.23. The van der Waals surface area contributed by atoms with Crippen LogP contribution in [0.2, 0.25) is 0 Å². The average Bonchev–Trinajstić information content (AvgIpc) is 2.81. The van der Waals surface area contributed by atoms with E-state index < -0.39 is 11.7 Å². The van der Waals surface area contributed by atoms with E-state index in [1.54, 1.807) is 17.9 Å². The lowest BCUT2D eigenvalue weighted by Gasteiger charge is -2.16. The van der Waals surface area contributed by atoms with E-state index in [1.807, 2.05) is 13.1 Å². The van der Waals surface area contributed by atoms with Gasteiger partial charge in [-0.25, -0.2) is 0 Å². The van der Waals surface area contributed by atoms with E-state index >= 15 is 0 Å². The predicted octanol–water partition coefficient (Wildman–Crippen LogP) is 2.53. The number of rotatable bonds is 4. The number of aryl methyl sites for hydroxylation is 1. The van der Waals surface area contributed by atoms with Crippen LogP contribution < -0.4 is 5.32 Å². The monoisotopic (exact) mass is 284 g/mol. The zero-order chi connectivity index (χ0) is 14.8. The molecule has 0 amide bonds. The molecular formula is C13H15F3N4. The molecule has 1 atom stereocenters. The Kier molecular flexibility index (Phi) is 4.08. The SMILES string of the molecule is CCNC(c1cnn(C)c1)c1ccc(C(F)(F)F)cn1. The summed E-state index contributed by atoms with van der Waals surface area (Å²) in [5.41, 5.74) is 0.650. The van der Waals surface area contributed by atoms with Crippen molar-refractivity contribution >= 4 is 0 Å². The van der Waals surface area contributed by atoms with E-state index in [4.69, 9.17) is 0 Å². The van der Waals surface area contributed by atoms with Crippen molar-refractivity contribution in [1.82, 2.24) is 20.1 Å². The first-order chi connectivity index (χ1) is 9.41. The second kappa shape index (κ2) is 5.62. The molecule has 1 N–H and O–H groups in total. The second-order valence-corrected chi connectivity index (χ2v) is 4.41. The second-order valence-electron chi connectivity index (χ2n) is 4.41. The Hall–Kier alpha value is -1.89. The summed E-state index contributed by atoms with van der Waals surface area (Å²) in [6.45, 7) is 2.59. The fourth-order valence-corrected chi connectivity index (χ4v) is 1.93. The number of nitrogens with one attached hydrogen (secondary N) is 1. The summed E-state index contributed by atoms with van der Waals surface area (Å²) < 4.78 is 39.2. The molecule has 0 saturated heterocycles. The summed E-state index contributed by atoms with van der Waals surface area (Å²) in [5.74, 6) is 0. The molecule has 2 aromatic heterocycles.